The van der Waals surface area contributed by atoms with Crippen LogP contribution in [0.3, 0.4) is 0 Å². The summed E-state index contributed by atoms with van der Waals surface area (Å²) in [5.41, 5.74) is 0.764. The fraction of sp³-hybridized carbons (Fsp3) is 0.462. The molecule has 1 aromatic carbocycles. The summed E-state index contributed by atoms with van der Waals surface area (Å²) in [5, 5.41) is 8.58. The minimum Gasteiger partial charge on any atom is -0.212 e. The Morgan fingerprint density at radius 1 is 1.28 bits per heavy atom. The highest BCUT2D eigenvalue weighted by Crippen LogP contribution is 2.14. The standard InChI is InChI=1S/C13H18N2O2S/c1-12(2)15(10-6-9-14)18(16,17)11-13-7-4-3-5-8-13/h3-5,7-8,12H,6,10-11H2,1-2H3. The van der Waals surface area contributed by atoms with E-state index in [0.29, 0.717) is 0 Å². The van der Waals surface area contributed by atoms with Gasteiger partial charge in [-0.05, 0) is 19.4 Å². The first-order valence-corrected chi connectivity index (χ1v) is 7.48. The number of nitrogens with zero attached hydrogens (tertiary/aromatic N) is 2. The first kappa shape index (κ1) is 14.7. The van der Waals surface area contributed by atoms with E-state index in [9.17, 15) is 8.42 Å². The van der Waals surface area contributed by atoms with Crippen molar-refractivity contribution in [2.24, 2.45) is 0 Å². The van der Waals surface area contributed by atoms with Gasteiger partial charge < -0.3 is 0 Å². The normalized spacial score (nSPS) is 11.7. The van der Waals surface area contributed by atoms with Gasteiger partial charge in [0.25, 0.3) is 0 Å². The highest BCUT2D eigenvalue weighted by Gasteiger charge is 2.24. The van der Waals surface area contributed by atoms with Crippen LogP contribution in [0.2, 0.25) is 0 Å². The summed E-state index contributed by atoms with van der Waals surface area (Å²) in [6.45, 7) is 3.89. The zero-order chi connectivity index (χ0) is 13.6. The topological polar surface area (TPSA) is 61.2 Å². The molecule has 0 saturated carbocycles. The zero-order valence-corrected chi connectivity index (χ0v) is 11.5. The predicted octanol–water partition coefficient (Wildman–Crippen LogP) is 2.14. The lowest BCUT2D eigenvalue weighted by atomic mass is 10.2. The molecular formula is C13H18N2O2S. The lowest BCUT2D eigenvalue weighted by Crippen LogP contribution is -2.38. The number of benzene rings is 1. The molecule has 0 amide bonds. The van der Waals surface area contributed by atoms with Crippen molar-refractivity contribution < 1.29 is 8.42 Å². The summed E-state index contributed by atoms with van der Waals surface area (Å²) in [4.78, 5) is 0. The third-order valence-electron chi connectivity index (χ3n) is 2.57. The van der Waals surface area contributed by atoms with Crippen LogP contribution in [-0.4, -0.2) is 25.3 Å². The molecule has 0 radical (unpaired) electrons. The Bertz CT molecular complexity index is 504. The molecule has 0 aliphatic rings. The Hall–Kier alpha value is -1.38. The minimum absolute atomic E-state index is 0.0164. The van der Waals surface area contributed by atoms with Gasteiger partial charge in [0.1, 0.15) is 0 Å². The number of rotatable bonds is 6. The summed E-state index contributed by atoms with van der Waals surface area (Å²) in [5.74, 6) is -0.0164. The largest absolute Gasteiger partial charge is 0.218 e. The summed E-state index contributed by atoms with van der Waals surface area (Å²) in [7, 11) is -3.36. The van der Waals surface area contributed by atoms with E-state index in [2.05, 4.69) is 0 Å². The molecule has 1 rings (SSSR count). The maximum atomic E-state index is 12.3. The molecule has 0 spiro atoms. The highest BCUT2D eigenvalue weighted by molar-refractivity contribution is 7.88. The molecule has 18 heavy (non-hydrogen) atoms. The Labute approximate surface area is 109 Å². The van der Waals surface area contributed by atoms with Crippen LogP contribution in [0.15, 0.2) is 30.3 Å². The molecular weight excluding hydrogens is 248 g/mol. The van der Waals surface area contributed by atoms with Gasteiger partial charge in [0.05, 0.1) is 11.8 Å². The molecule has 0 aliphatic heterocycles. The van der Waals surface area contributed by atoms with Gasteiger partial charge in [0, 0.05) is 19.0 Å². The van der Waals surface area contributed by atoms with Gasteiger partial charge in [-0.15, -0.1) is 0 Å². The van der Waals surface area contributed by atoms with Crippen molar-refractivity contribution in [3.63, 3.8) is 0 Å². The third kappa shape index (κ3) is 4.13. The molecule has 0 N–H and O–H groups in total. The van der Waals surface area contributed by atoms with E-state index in [-0.39, 0.29) is 24.8 Å². The molecule has 0 fully saturated rings. The van der Waals surface area contributed by atoms with Crippen molar-refractivity contribution in [2.75, 3.05) is 6.54 Å². The Kier molecular flexibility index (Phi) is 5.32. The van der Waals surface area contributed by atoms with Crippen LogP contribution < -0.4 is 0 Å². The van der Waals surface area contributed by atoms with E-state index >= 15 is 0 Å². The second-order valence-corrected chi connectivity index (χ2v) is 6.28. The van der Waals surface area contributed by atoms with Crippen LogP contribution in [0.5, 0.6) is 0 Å². The van der Waals surface area contributed by atoms with Crippen molar-refractivity contribution in [1.29, 1.82) is 5.26 Å². The maximum absolute atomic E-state index is 12.3. The van der Waals surface area contributed by atoms with E-state index in [4.69, 9.17) is 5.26 Å². The third-order valence-corrected chi connectivity index (χ3v) is 4.59. The fourth-order valence-electron chi connectivity index (χ4n) is 1.75. The van der Waals surface area contributed by atoms with Gasteiger partial charge >= 0.3 is 0 Å². The van der Waals surface area contributed by atoms with Gasteiger partial charge in [0.15, 0.2) is 0 Å². The van der Waals surface area contributed by atoms with Crippen LogP contribution >= 0.6 is 0 Å². The summed E-state index contributed by atoms with van der Waals surface area (Å²) in [6, 6.07) is 10.9. The number of hydrogen-bond acceptors (Lipinski definition) is 3. The summed E-state index contributed by atoms with van der Waals surface area (Å²) < 4.78 is 25.9. The number of hydrogen-bond donors (Lipinski definition) is 0. The van der Waals surface area contributed by atoms with Gasteiger partial charge in [-0.25, -0.2) is 8.42 Å². The van der Waals surface area contributed by atoms with Crippen molar-refractivity contribution in [1.82, 2.24) is 4.31 Å². The Balaban J connectivity index is 2.86. The van der Waals surface area contributed by atoms with Crippen LogP contribution in [0.1, 0.15) is 25.8 Å². The van der Waals surface area contributed by atoms with Crippen molar-refractivity contribution in [2.45, 2.75) is 32.1 Å². The van der Waals surface area contributed by atoms with E-state index in [1.54, 1.807) is 12.1 Å². The van der Waals surface area contributed by atoms with Gasteiger partial charge in [0.2, 0.25) is 10.0 Å². The maximum Gasteiger partial charge on any atom is 0.218 e. The average molecular weight is 266 g/mol. The molecule has 4 nitrogen and oxygen atoms in total. The molecule has 0 aromatic heterocycles. The molecule has 0 aliphatic carbocycles. The monoisotopic (exact) mass is 266 g/mol. The average Bonchev–Trinajstić information content (AvgIpc) is 2.29. The van der Waals surface area contributed by atoms with Crippen LogP contribution in [0.4, 0.5) is 0 Å². The minimum atomic E-state index is -3.36. The Morgan fingerprint density at radius 3 is 2.39 bits per heavy atom. The summed E-state index contributed by atoms with van der Waals surface area (Å²) in [6.07, 6.45) is 0.214. The van der Waals surface area contributed by atoms with Crippen LogP contribution in [-0.2, 0) is 15.8 Å². The lowest BCUT2D eigenvalue weighted by Gasteiger charge is -2.24. The van der Waals surface area contributed by atoms with E-state index < -0.39 is 10.0 Å². The molecule has 1 aromatic rings. The Morgan fingerprint density at radius 2 is 1.89 bits per heavy atom. The van der Waals surface area contributed by atoms with E-state index in [1.165, 1.54) is 4.31 Å². The van der Waals surface area contributed by atoms with Crippen molar-refractivity contribution in [3.05, 3.63) is 35.9 Å². The number of nitriles is 1. The second-order valence-electron chi connectivity index (χ2n) is 4.35. The SMILES string of the molecule is CC(C)N(CCC#N)S(=O)(=O)Cc1ccccc1. The molecule has 5 heteroatoms. The van der Waals surface area contributed by atoms with Crippen molar-refractivity contribution >= 4 is 10.0 Å². The molecule has 0 heterocycles. The molecule has 0 atom stereocenters. The molecule has 0 saturated heterocycles. The molecule has 0 unspecified atom stereocenters. The number of sulfonamides is 1. The van der Waals surface area contributed by atoms with Crippen LogP contribution in [0, 0.1) is 11.3 Å². The summed E-state index contributed by atoms with van der Waals surface area (Å²) >= 11 is 0. The van der Waals surface area contributed by atoms with E-state index in [1.807, 2.05) is 38.1 Å². The second kappa shape index (κ2) is 6.53. The smallest absolute Gasteiger partial charge is 0.212 e. The molecule has 0 bridgehead atoms. The van der Waals surface area contributed by atoms with Crippen LogP contribution in [0.25, 0.3) is 0 Å². The van der Waals surface area contributed by atoms with Gasteiger partial charge in [-0.1, -0.05) is 30.3 Å². The van der Waals surface area contributed by atoms with E-state index in [0.717, 1.165) is 5.56 Å². The zero-order valence-electron chi connectivity index (χ0n) is 10.7. The highest BCUT2D eigenvalue weighted by atomic mass is 32.2. The van der Waals surface area contributed by atoms with Gasteiger partial charge in [-0.3, -0.25) is 0 Å². The first-order chi connectivity index (χ1) is 8.47. The molecule has 98 valence electrons. The first-order valence-electron chi connectivity index (χ1n) is 5.88. The van der Waals surface area contributed by atoms with Gasteiger partial charge in [-0.2, -0.15) is 9.57 Å². The predicted molar refractivity (Wildman–Crippen MR) is 71.1 cm³/mol. The fourth-order valence-corrected chi connectivity index (χ4v) is 3.54. The lowest BCUT2D eigenvalue weighted by molar-refractivity contribution is 0.360. The quantitative estimate of drug-likeness (QED) is 0.792. The van der Waals surface area contributed by atoms with Crippen molar-refractivity contribution in [3.8, 4) is 6.07 Å².